The van der Waals surface area contributed by atoms with Gasteiger partial charge in [0, 0.05) is 4.47 Å². The van der Waals surface area contributed by atoms with E-state index in [0.717, 1.165) is 26.7 Å². The minimum atomic E-state index is 0.648. The van der Waals surface area contributed by atoms with Crippen LogP contribution in [0.3, 0.4) is 0 Å². The molecule has 0 saturated carbocycles. The van der Waals surface area contributed by atoms with Gasteiger partial charge in [-0.3, -0.25) is 0 Å². The third-order valence-electron chi connectivity index (χ3n) is 9.33. The maximum atomic E-state index is 9.49. The highest BCUT2D eigenvalue weighted by molar-refractivity contribution is 9.10. The Morgan fingerprint density at radius 2 is 0.867 bits per heavy atom. The number of halogens is 1. The number of nitriles is 2. The topological polar surface area (TPSA) is 47.6 Å². The van der Waals surface area contributed by atoms with Crippen LogP contribution in [0.25, 0.3) is 87.6 Å². The predicted molar refractivity (Wildman–Crippen MR) is 189 cm³/mol. The fourth-order valence-corrected chi connectivity index (χ4v) is 7.70. The van der Waals surface area contributed by atoms with Gasteiger partial charge in [-0.25, -0.2) is 0 Å². The summed E-state index contributed by atoms with van der Waals surface area (Å²) in [6, 6.07) is 49.3. The smallest absolute Gasteiger partial charge is 0.0991 e. The number of nitrogens with zero attached hydrogens (tertiary/aromatic N) is 2. The Hall–Kier alpha value is -5.74. The normalized spacial score (nSPS) is 11.6. The highest BCUT2D eigenvalue weighted by Gasteiger charge is 2.25. The highest BCUT2D eigenvalue weighted by atomic mass is 79.9. The second kappa shape index (κ2) is 9.63. The zero-order valence-corrected chi connectivity index (χ0v) is 25.5. The van der Waals surface area contributed by atoms with E-state index in [4.69, 9.17) is 0 Å². The minimum Gasteiger partial charge on any atom is -0.192 e. The quantitative estimate of drug-likeness (QED) is 0.178. The Morgan fingerprint density at radius 3 is 1.51 bits per heavy atom. The molecule has 206 valence electrons. The first-order chi connectivity index (χ1) is 22.1. The van der Waals surface area contributed by atoms with Crippen LogP contribution in [-0.4, -0.2) is 0 Å². The monoisotopic (exact) mass is 632 g/mol. The van der Waals surface area contributed by atoms with E-state index < -0.39 is 0 Å². The molecule has 0 radical (unpaired) electrons. The van der Waals surface area contributed by atoms with Crippen molar-refractivity contribution in [3.63, 3.8) is 0 Å². The van der Waals surface area contributed by atoms with Crippen LogP contribution in [0.15, 0.2) is 132 Å². The van der Waals surface area contributed by atoms with Gasteiger partial charge in [-0.2, -0.15) is 10.5 Å². The molecule has 0 fully saturated rings. The standard InChI is InChI=1S/C42H21BrN2/c43-41-17-16-31-37-21-40-38(20-36(37)30-6-3-7-32(41)42(30)31)34(27-14-10-25(23-45)11-15-27)19-35-29-5-2-1-4-28(29)33(18-39(35)40)26-12-8-24(22-44)9-13-26/h1-21H. The molecule has 0 bridgehead atoms. The van der Waals surface area contributed by atoms with Gasteiger partial charge < -0.3 is 0 Å². The van der Waals surface area contributed by atoms with Gasteiger partial charge in [0.1, 0.15) is 0 Å². The van der Waals surface area contributed by atoms with Crippen LogP contribution in [0.1, 0.15) is 11.1 Å². The van der Waals surface area contributed by atoms with Gasteiger partial charge in [0.15, 0.2) is 0 Å². The summed E-state index contributed by atoms with van der Waals surface area (Å²) < 4.78 is 1.10. The van der Waals surface area contributed by atoms with E-state index in [9.17, 15) is 10.5 Å². The van der Waals surface area contributed by atoms with Gasteiger partial charge in [0.25, 0.3) is 0 Å². The molecule has 45 heavy (non-hydrogen) atoms. The third-order valence-corrected chi connectivity index (χ3v) is 10.0. The molecule has 0 spiro atoms. The van der Waals surface area contributed by atoms with Crippen LogP contribution >= 0.6 is 15.9 Å². The second-order valence-corrected chi connectivity index (χ2v) is 12.5. The van der Waals surface area contributed by atoms with Gasteiger partial charge >= 0.3 is 0 Å². The molecule has 0 N–H and O–H groups in total. The Bertz CT molecular complexity index is 2650. The van der Waals surface area contributed by atoms with Gasteiger partial charge in [-0.15, -0.1) is 0 Å². The molecule has 1 aliphatic rings. The molecule has 0 saturated heterocycles. The molecule has 8 aromatic carbocycles. The van der Waals surface area contributed by atoms with Crippen molar-refractivity contribution < 1.29 is 0 Å². The van der Waals surface area contributed by atoms with Crippen LogP contribution in [0.2, 0.25) is 0 Å². The predicted octanol–water partition coefficient (Wildman–Crippen LogP) is 11.8. The molecule has 9 rings (SSSR count). The average Bonchev–Trinajstić information content (AvgIpc) is 3.41. The first-order valence-electron chi connectivity index (χ1n) is 14.8. The fraction of sp³-hybridized carbons (Fsp3) is 0. The zero-order valence-electron chi connectivity index (χ0n) is 23.9. The molecule has 8 aromatic rings. The largest absolute Gasteiger partial charge is 0.192 e. The van der Waals surface area contributed by atoms with Gasteiger partial charge in [0.2, 0.25) is 0 Å². The van der Waals surface area contributed by atoms with Crippen molar-refractivity contribution in [1.82, 2.24) is 0 Å². The lowest BCUT2D eigenvalue weighted by molar-refractivity contribution is 1.48. The molecule has 1 aliphatic carbocycles. The molecule has 0 atom stereocenters. The SMILES string of the molecule is N#Cc1ccc(-c2cc3c4cc5c(cc4c(-c4ccc(C#N)cc4)cc3c3ccccc23)-c2cccc3c(Br)ccc-5c23)cc1. The summed E-state index contributed by atoms with van der Waals surface area (Å²) in [4.78, 5) is 0. The molecule has 0 amide bonds. The van der Waals surface area contributed by atoms with Crippen LogP contribution in [-0.2, 0) is 0 Å². The van der Waals surface area contributed by atoms with Gasteiger partial charge in [-0.05, 0) is 142 Å². The van der Waals surface area contributed by atoms with Crippen molar-refractivity contribution in [3.8, 4) is 56.6 Å². The Balaban J connectivity index is 1.45. The molecule has 2 nitrogen and oxygen atoms in total. The second-order valence-electron chi connectivity index (χ2n) is 11.6. The van der Waals surface area contributed by atoms with E-state index in [-0.39, 0.29) is 0 Å². The minimum absolute atomic E-state index is 0.648. The molecule has 0 aromatic heterocycles. The molecule has 0 unspecified atom stereocenters. The summed E-state index contributed by atoms with van der Waals surface area (Å²) in [5.41, 5.74) is 10.7. The van der Waals surface area contributed by atoms with E-state index in [0.29, 0.717) is 11.1 Å². The first-order valence-corrected chi connectivity index (χ1v) is 15.6. The lowest BCUT2D eigenvalue weighted by atomic mass is 9.86. The maximum absolute atomic E-state index is 9.49. The molecule has 0 aliphatic heterocycles. The van der Waals surface area contributed by atoms with Crippen LogP contribution in [0.5, 0.6) is 0 Å². The summed E-state index contributed by atoms with van der Waals surface area (Å²) in [6.07, 6.45) is 0. The molecular formula is C42H21BrN2. The summed E-state index contributed by atoms with van der Waals surface area (Å²) in [6.45, 7) is 0. The molecular weight excluding hydrogens is 612 g/mol. The highest BCUT2D eigenvalue weighted by Crippen LogP contribution is 2.52. The summed E-state index contributed by atoms with van der Waals surface area (Å²) in [7, 11) is 0. The van der Waals surface area contributed by atoms with Crippen molar-refractivity contribution in [2.24, 2.45) is 0 Å². The van der Waals surface area contributed by atoms with Gasteiger partial charge in [-0.1, -0.05) is 88.7 Å². The van der Waals surface area contributed by atoms with E-state index in [1.54, 1.807) is 0 Å². The summed E-state index contributed by atoms with van der Waals surface area (Å²) >= 11 is 3.79. The van der Waals surface area contributed by atoms with Crippen LogP contribution in [0.4, 0.5) is 0 Å². The van der Waals surface area contributed by atoms with Crippen LogP contribution in [0, 0.1) is 22.7 Å². The summed E-state index contributed by atoms with van der Waals surface area (Å²) in [5, 5.41) is 28.5. The lowest BCUT2D eigenvalue weighted by Crippen LogP contribution is -1.91. The number of rotatable bonds is 2. The van der Waals surface area contributed by atoms with E-state index in [2.05, 4.69) is 119 Å². The number of benzene rings is 8. The fourth-order valence-electron chi connectivity index (χ4n) is 7.24. The average molecular weight is 634 g/mol. The van der Waals surface area contributed by atoms with Gasteiger partial charge in [0.05, 0.1) is 23.3 Å². The van der Waals surface area contributed by atoms with E-state index in [1.807, 2.05) is 36.4 Å². The van der Waals surface area contributed by atoms with E-state index in [1.165, 1.54) is 65.3 Å². The van der Waals surface area contributed by atoms with E-state index >= 15 is 0 Å². The Kier molecular flexibility index (Phi) is 5.51. The lowest BCUT2D eigenvalue weighted by Gasteiger charge is -2.17. The summed E-state index contributed by atoms with van der Waals surface area (Å²) in [5.74, 6) is 0. The maximum Gasteiger partial charge on any atom is 0.0991 e. The Labute approximate surface area is 268 Å². The van der Waals surface area contributed by atoms with Crippen LogP contribution < -0.4 is 0 Å². The number of hydrogen-bond acceptors (Lipinski definition) is 2. The number of hydrogen-bond donors (Lipinski definition) is 0. The first kappa shape index (κ1) is 25.7. The van der Waals surface area contributed by atoms with Crippen molar-refractivity contribution in [2.75, 3.05) is 0 Å². The van der Waals surface area contributed by atoms with Crippen molar-refractivity contribution in [1.29, 1.82) is 10.5 Å². The molecule has 0 heterocycles. The van der Waals surface area contributed by atoms with Crippen molar-refractivity contribution in [3.05, 3.63) is 143 Å². The Morgan fingerprint density at radius 1 is 0.378 bits per heavy atom. The zero-order chi connectivity index (χ0) is 30.2. The third kappa shape index (κ3) is 3.72. The van der Waals surface area contributed by atoms with Crippen molar-refractivity contribution in [2.45, 2.75) is 0 Å². The molecule has 3 heteroatoms. The number of fused-ring (bicyclic) bond motifs is 8. The van der Waals surface area contributed by atoms with Crippen molar-refractivity contribution >= 4 is 59.0 Å².